The van der Waals surface area contributed by atoms with Gasteiger partial charge in [0.05, 0.1) is 11.2 Å². The maximum Gasteiger partial charge on any atom is 0.146 e. The van der Waals surface area contributed by atoms with Crippen LogP contribution in [0.15, 0.2) is 54.6 Å². The van der Waals surface area contributed by atoms with Crippen molar-refractivity contribution in [3.8, 4) is 0 Å². The van der Waals surface area contributed by atoms with E-state index in [4.69, 9.17) is 0 Å². The third-order valence-electron chi connectivity index (χ3n) is 3.25. The largest absolute Gasteiger partial charge is 0.379 e. The summed E-state index contributed by atoms with van der Waals surface area (Å²) in [5, 5.41) is 4.21. The molecule has 0 radical (unpaired) electrons. The molecule has 0 fully saturated rings. The first kappa shape index (κ1) is 12.6. The molecule has 1 aromatic heterocycles. The average Bonchev–Trinajstić information content (AvgIpc) is 2.46. The average molecular weight is 266 g/mol. The molecule has 3 aromatic rings. The van der Waals surface area contributed by atoms with Crippen LogP contribution in [0.4, 0.5) is 10.1 Å². The Balaban J connectivity index is 1.81. The van der Waals surface area contributed by atoms with Gasteiger partial charge in [0.15, 0.2) is 0 Å². The second-order valence-corrected chi connectivity index (χ2v) is 4.81. The van der Waals surface area contributed by atoms with E-state index in [1.54, 1.807) is 12.1 Å². The molecule has 2 aromatic carbocycles. The van der Waals surface area contributed by atoms with Gasteiger partial charge in [-0.15, -0.1) is 0 Å². The summed E-state index contributed by atoms with van der Waals surface area (Å²) in [6.45, 7) is 2.57. The van der Waals surface area contributed by atoms with E-state index in [-0.39, 0.29) is 5.82 Å². The van der Waals surface area contributed by atoms with Crippen molar-refractivity contribution in [1.29, 1.82) is 0 Å². The van der Waals surface area contributed by atoms with Gasteiger partial charge in [-0.05, 0) is 42.8 Å². The number of aromatic nitrogens is 1. The molecule has 0 saturated heterocycles. The van der Waals surface area contributed by atoms with E-state index in [2.05, 4.69) is 22.4 Å². The zero-order chi connectivity index (χ0) is 13.9. The molecule has 0 aliphatic carbocycles. The minimum absolute atomic E-state index is 0.231. The van der Waals surface area contributed by atoms with Crippen LogP contribution in [-0.4, -0.2) is 4.98 Å². The second kappa shape index (κ2) is 5.29. The van der Waals surface area contributed by atoms with Gasteiger partial charge in [0, 0.05) is 17.6 Å². The van der Waals surface area contributed by atoms with Crippen molar-refractivity contribution in [2.24, 2.45) is 0 Å². The lowest BCUT2D eigenvalue weighted by atomic mass is 10.1. The predicted molar refractivity (Wildman–Crippen MR) is 80.2 cm³/mol. The fourth-order valence-electron chi connectivity index (χ4n) is 2.19. The van der Waals surface area contributed by atoms with Crippen molar-refractivity contribution in [1.82, 2.24) is 4.98 Å². The van der Waals surface area contributed by atoms with Crippen LogP contribution in [0.1, 0.15) is 11.3 Å². The zero-order valence-corrected chi connectivity index (χ0v) is 11.2. The van der Waals surface area contributed by atoms with Crippen LogP contribution in [0.5, 0.6) is 0 Å². The minimum atomic E-state index is -0.231. The summed E-state index contributed by atoms with van der Waals surface area (Å²) in [7, 11) is 0. The van der Waals surface area contributed by atoms with Gasteiger partial charge in [0.1, 0.15) is 5.82 Å². The topological polar surface area (TPSA) is 24.9 Å². The van der Waals surface area contributed by atoms with E-state index in [1.807, 2.05) is 31.2 Å². The highest BCUT2D eigenvalue weighted by Crippen LogP contribution is 2.17. The number of para-hydroxylation sites is 1. The van der Waals surface area contributed by atoms with Crippen LogP contribution in [0.2, 0.25) is 0 Å². The van der Waals surface area contributed by atoms with Crippen molar-refractivity contribution >= 4 is 16.6 Å². The first-order valence-corrected chi connectivity index (χ1v) is 6.57. The molecule has 3 heteroatoms. The van der Waals surface area contributed by atoms with Crippen LogP contribution in [0.25, 0.3) is 10.9 Å². The summed E-state index contributed by atoms with van der Waals surface area (Å²) in [6.07, 6.45) is 0. The number of benzene rings is 2. The SMILES string of the molecule is Cc1ccc2cc(CNc3ccccc3F)ccc2n1. The zero-order valence-electron chi connectivity index (χ0n) is 11.2. The molecule has 0 aliphatic rings. The number of nitrogens with one attached hydrogen (secondary N) is 1. The van der Waals surface area contributed by atoms with Crippen LogP contribution in [-0.2, 0) is 6.54 Å². The number of nitrogens with zero attached hydrogens (tertiary/aromatic N) is 1. The summed E-state index contributed by atoms with van der Waals surface area (Å²) in [5.74, 6) is -0.231. The number of aryl methyl sites for hydroxylation is 1. The predicted octanol–water partition coefficient (Wildman–Crippen LogP) is 4.29. The number of hydrogen-bond acceptors (Lipinski definition) is 2. The Kier molecular flexibility index (Phi) is 3.33. The maximum atomic E-state index is 13.5. The summed E-state index contributed by atoms with van der Waals surface area (Å²) in [5.41, 5.74) is 3.62. The molecule has 0 saturated carbocycles. The highest BCUT2D eigenvalue weighted by Gasteiger charge is 2.01. The lowest BCUT2D eigenvalue weighted by Crippen LogP contribution is -2.01. The third-order valence-corrected chi connectivity index (χ3v) is 3.25. The fraction of sp³-hybridized carbons (Fsp3) is 0.118. The number of anilines is 1. The molecule has 0 aliphatic heterocycles. The van der Waals surface area contributed by atoms with Gasteiger partial charge in [0.2, 0.25) is 0 Å². The van der Waals surface area contributed by atoms with Crippen molar-refractivity contribution in [2.75, 3.05) is 5.32 Å². The second-order valence-electron chi connectivity index (χ2n) is 4.81. The van der Waals surface area contributed by atoms with Crippen molar-refractivity contribution in [3.63, 3.8) is 0 Å². The third kappa shape index (κ3) is 2.62. The molecule has 20 heavy (non-hydrogen) atoms. The molecule has 2 nitrogen and oxygen atoms in total. The summed E-state index contributed by atoms with van der Waals surface area (Å²) in [4.78, 5) is 4.47. The van der Waals surface area contributed by atoms with E-state index in [9.17, 15) is 4.39 Å². The van der Waals surface area contributed by atoms with Gasteiger partial charge < -0.3 is 5.32 Å². The highest BCUT2D eigenvalue weighted by atomic mass is 19.1. The number of pyridine rings is 1. The number of halogens is 1. The Morgan fingerprint density at radius 1 is 1.05 bits per heavy atom. The molecular weight excluding hydrogens is 251 g/mol. The molecule has 0 bridgehead atoms. The monoisotopic (exact) mass is 266 g/mol. The van der Waals surface area contributed by atoms with Crippen molar-refractivity contribution in [3.05, 3.63) is 71.7 Å². The minimum Gasteiger partial charge on any atom is -0.379 e. The van der Waals surface area contributed by atoms with Crippen molar-refractivity contribution < 1.29 is 4.39 Å². The summed E-state index contributed by atoms with van der Waals surface area (Å²) < 4.78 is 13.5. The van der Waals surface area contributed by atoms with E-state index in [0.29, 0.717) is 12.2 Å². The molecule has 3 rings (SSSR count). The van der Waals surface area contributed by atoms with Gasteiger partial charge in [0.25, 0.3) is 0 Å². The summed E-state index contributed by atoms with van der Waals surface area (Å²) in [6, 6.07) is 16.8. The molecule has 0 unspecified atom stereocenters. The normalized spacial score (nSPS) is 10.7. The smallest absolute Gasteiger partial charge is 0.146 e. The Hall–Kier alpha value is -2.42. The van der Waals surface area contributed by atoms with E-state index < -0.39 is 0 Å². The molecular formula is C17H15FN2. The molecule has 0 amide bonds. The van der Waals surface area contributed by atoms with Gasteiger partial charge in [-0.1, -0.05) is 24.3 Å². The quantitative estimate of drug-likeness (QED) is 0.764. The lowest BCUT2D eigenvalue weighted by Gasteiger charge is -2.08. The highest BCUT2D eigenvalue weighted by molar-refractivity contribution is 5.79. The maximum absolute atomic E-state index is 13.5. The Bertz CT molecular complexity index is 753. The molecule has 0 atom stereocenters. The molecule has 1 heterocycles. The van der Waals surface area contributed by atoms with Crippen molar-refractivity contribution in [2.45, 2.75) is 13.5 Å². The van der Waals surface area contributed by atoms with E-state index >= 15 is 0 Å². The standard InChI is InChI=1S/C17H15FN2/c1-12-6-8-14-10-13(7-9-16(14)20-12)11-19-17-5-3-2-4-15(17)18/h2-10,19H,11H2,1H3. The van der Waals surface area contributed by atoms with Gasteiger partial charge in [-0.3, -0.25) is 4.98 Å². The van der Waals surface area contributed by atoms with Crippen LogP contribution >= 0.6 is 0 Å². The van der Waals surface area contributed by atoms with Gasteiger partial charge >= 0.3 is 0 Å². The molecule has 100 valence electrons. The number of fused-ring (bicyclic) bond motifs is 1. The van der Waals surface area contributed by atoms with Crippen LogP contribution < -0.4 is 5.32 Å². The summed E-state index contributed by atoms with van der Waals surface area (Å²) >= 11 is 0. The molecule has 0 spiro atoms. The number of hydrogen-bond donors (Lipinski definition) is 1. The van der Waals surface area contributed by atoms with E-state index in [0.717, 1.165) is 22.2 Å². The van der Waals surface area contributed by atoms with E-state index in [1.165, 1.54) is 6.07 Å². The first-order valence-electron chi connectivity index (χ1n) is 6.57. The lowest BCUT2D eigenvalue weighted by molar-refractivity contribution is 0.630. The fourth-order valence-corrected chi connectivity index (χ4v) is 2.19. The molecule has 1 N–H and O–H groups in total. The Morgan fingerprint density at radius 3 is 2.75 bits per heavy atom. The first-order chi connectivity index (χ1) is 9.72. The number of rotatable bonds is 3. The van der Waals surface area contributed by atoms with Gasteiger partial charge in [-0.2, -0.15) is 0 Å². The Morgan fingerprint density at radius 2 is 1.90 bits per heavy atom. The van der Waals surface area contributed by atoms with Crippen LogP contribution in [0, 0.1) is 12.7 Å². The Labute approximate surface area is 117 Å². The van der Waals surface area contributed by atoms with Gasteiger partial charge in [-0.25, -0.2) is 4.39 Å². The van der Waals surface area contributed by atoms with Crippen LogP contribution in [0.3, 0.4) is 0 Å².